The standard InChI is InChI=1S/C32H31Cl2N3O5/c1-32(2,3)42-31(39)37(4)17-20-12-13-25(36-30(20)41-6)24-9-7-8-22(27(24)33)23-14-15-35-29(28(23)34)19-10-11-21(18-38)26(16-19)40-5/h7-16,18H,17H2,1-6H3. The molecule has 1 amide bonds. The Morgan fingerprint density at radius 2 is 1.67 bits per heavy atom. The van der Waals surface area contributed by atoms with Gasteiger partial charge in [-0.1, -0.05) is 47.5 Å². The van der Waals surface area contributed by atoms with Gasteiger partial charge < -0.3 is 19.1 Å². The summed E-state index contributed by atoms with van der Waals surface area (Å²) in [5, 5.41) is 0.835. The van der Waals surface area contributed by atoms with Crippen LogP contribution in [0.2, 0.25) is 10.0 Å². The van der Waals surface area contributed by atoms with Crippen molar-refractivity contribution in [2.24, 2.45) is 0 Å². The summed E-state index contributed by atoms with van der Waals surface area (Å²) < 4.78 is 16.4. The third kappa shape index (κ3) is 6.66. The maximum Gasteiger partial charge on any atom is 0.410 e. The van der Waals surface area contributed by atoms with E-state index in [1.54, 1.807) is 37.5 Å². The number of carbonyl (C=O) groups is 2. The number of benzene rings is 2. The molecule has 0 aliphatic rings. The Morgan fingerprint density at radius 1 is 0.952 bits per heavy atom. The molecule has 8 nitrogen and oxygen atoms in total. The molecule has 2 aromatic heterocycles. The molecule has 0 aliphatic heterocycles. The SMILES string of the molecule is COc1cc(-c2nccc(-c3cccc(-c4ccc(CN(C)C(=O)OC(C)(C)C)c(OC)n4)c3Cl)c2Cl)ccc1C=O. The molecule has 0 spiro atoms. The highest BCUT2D eigenvalue weighted by Crippen LogP contribution is 2.42. The normalized spacial score (nSPS) is 11.1. The molecule has 10 heteroatoms. The second kappa shape index (κ2) is 12.8. The number of nitrogens with zero attached hydrogens (tertiary/aromatic N) is 3. The Bertz CT molecular complexity index is 1640. The molecule has 4 aromatic rings. The lowest BCUT2D eigenvalue weighted by molar-refractivity contribution is 0.0284. The summed E-state index contributed by atoms with van der Waals surface area (Å²) in [5.41, 5.74) is 4.36. The van der Waals surface area contributed by atoms with Gasteiger partial charge in [0.2, 0.25) is 5.88 Å². The maximum atomic E-state index is 12.5. The van der Waals surface area contributed by atoms with E-state index in [1.807, 2.05) is 51.1 Å². The van der Waals surface area contributed by atoms with E-state index in [4.69, 9.17) is 42.4 Å². The van der Waals surface area contributed by atoms with Gasteiger partial charge in [-0.3, -0.25) is 9.78 Å². The fraction of sp³-hybridized carbons (Fsp3) is 0.250. The summed E-state index contributed by atoms with van der Waals surface area (Å²) in [4.78, 5) is 34.4. The maximum absolute atomic E-state index is 12.5. The Kier molecular flexibility index (Phi) is 9.39. The molecule has 0 radical (unpaired) electrons. The van der Waals surface area contributed by atoms with Crippen LogP contribution in [0.25, 0.3) is 33.6 Å². The molecule has 0 saturated heterocycles. The molecule has 0 atom stereocenters. The van der Waals surface area contributed by atoms with E-state index < -0.39 is 11.7 Å². The van der Waals surface area contributed by atoms with E-state index in [2.05, 4.69) is 4.98 Å². The average molecular weight is 609 g/mol. The van der Waals surface area contributed by atoms with Gasteiger partial charge in [-0.25, -0.2) is 9.78 Å². The number of hydrogen-bond donors (Lipinski definition) is 0. The van der Waals surface area contributed by atoms with Gasteiger partial charge in [-0.05, 0) is 51.1 Å². The zero-order valence-electron chi connectivity index (χ0n) is 24.2. The van der Waals surface area contributed by atoms with Crippen LogP contribution in [0, 0.1) is 0 Å². The van der Waals surface area contributed by atoms with Crippen molar-refractivity contribution < 1.29 is 23.8 Å². The highest BCUT2D eigenvalue weighted by atomic mass is 35.5. The van der Waals surface area contributed by atoms with Crippen molar-refractivity contribution in [3.05, 3.63) is 82.0 Å². The van der Waals surface area contributed by atoms with Gasteiger partial charge in [0.1, 0.15) is 11.4 Å². The number of aldehydes is 1. The second-order valence-electron chi connectivity index (χ2n) is 10.5. The van der Waals surface area contributed by atoms with Gasteiger partial charge >= 0.3 is 6.09 Å². The van der Waals surface area contributed by atoms with Crippen LogP contribution >= 0.6 is 23.2 Å². The minimum absolute atomic E-state index is 0.243. The second-order valence-corrected chi connectivity index (χ2v) is 11.2. The monoisotopic (exact) mass is 607 g/mol. The molecule has 4 rings (SSSR count). The fourth-order valence-electron chi connectivity index (χ4n) is 4.32. The van der Waals surface area contributed by atoms with Crippen LogP contribution in [0.1, 0.15) is 36.7 Å². The van der Waals surface area contributed by atoms with Crippen molar-refractivity contribution in [3.8, 4) is 45.3 Å². The molecule has 42 heavy (non-hydrogen) atoms. The largest absolute Gasteiger partial charge is 0.496 e. The molecule has 0 saturated carbocycles. The Morgan fingerprint density at radius 3 is 2.33 bits per heavy atom. The van der Waals surface area contributed by atoms with Gasteiger partial charge in [0.05, 0.1) is 47.8 Å². The van der Waals surface area contributed by atoms with Gasteiger partial charge in [0.15, 0.2) is 6.29 Å². The first-order valence-electron chi connectivity index (χ1n) is 13.0. The molecule has 0 N–H and O–H groups in total. The zero-order valence-corrected chi connectivity index (χ0v) is 25.7. The highest BCUT2D eigenvalue weighted by molar-refractivity contribution is 6.39. The molecule has 0 aliphatic carbocycles. The first-order chi connectivity index (χ1) is 20.0. The molecule has 0 unspecified atom stereocenters. The van der Waals surface area contributed by atoms with Gasteiger partial charge in [0, 0.05) is 41.1 Å². The number of amides is 1. The van der Waals surface area contributed by atoms with E-state index in [1.165, 1.54) is 19.1 Å². The zero-order chi connectivity index (χ0) is 30.6. The fourth-order valence-corrected chi connectivity index (χ4v) is 4.97. The molecule has 0 fully saturated rings. The number of aromatic nitrogens is 2. The molecular weight excluding hydrogens is 577 g/mol. The predicted molar refractivity (Wildman–Crippen MR) is 165 cm³/mol. The van der Waals surface area contributed by atoms with Crippen LogP contribution < -0.4 is 9.47 Å². The smallest absolute Gasteiger partial charge is 0.410 e. The van der Waals surface area contributed by atoms with E-state index in [-0.39, 0.29) is 6.54 Å². The summed E-state index contributed by atoms with van der Waals surface area (Å²) in [6, 6.07) is 16.2. The lowest BCUT2D eigenvalue weighted by Gasteiger charge is -2.25. The number of pyridine rings is 2. The van der Waals surface area contributed by atoms with E-state index >= 15 is 0 Å². The van der Waals surface area contributed by atoms with Crippen LogP contribution in [-0.2, 0) is 11.3 Å². The lowest BCUT2D eigenvalue weighted by atomic mass is 9.99. The van der Waals surface area contributed by atoms with E-state index in [9.17, 15) is 9.59 Å². The van der Waals surface area contributed by atoms with Crippen molar-refractivity contribution in [1.82, 2.24) is 14.9 Å². The Hall–Kier alpha value is -4.14. The van der Waals surface area contributed by atoms with Crippen LogP contribution in [0.5, 0.6) is 11.6 Å². The van der Waals surface area contributed by atoms with Gasteiger partial charge in [-0.15, -0.1) is 0 Å². The minimum atomic E-state index is -0.606. The summed E-state index contributed by atoms with van der Waals surface area (Å²) >= 11 is 13.9. The number of rotatable bonds is 8. The lowest BCUT2D eigenvalue weighted by Crippen LogP contribution is -2.33. The molecule has 218 valence electrons. The summed E-state index contributed by atoms with van der Waals surface area (Å²) in [7, 11) is 4.68. The van der Waals surface area contributed by atoms with Crippen molar-refractivity contribution >= 4 is 35.6 Å². The van der Waals surface area contributed by atoms with Crippen molar-refractivity contribution in [1.29, 1.82) is 0 Å². The number of halogens is 2. The van der Waals surface area contributed by atoms with Crippen molar-refractivity contribution in [3.63, 3.8) is 0 Å². The van der Waals surface area contributed by atoms with Crippen LogP contribution in [0.4, 0.5) is 4.79 Å². The Labute approximate surface area is 255 Å². The van der Waals surface area contributed by atoms with Gasteiger partial charge in [0.25, 0.3) is 0 Å². The Balaban J connectivity index is 1.69. The summed E-state index contributed by atoms with van der Waals surface area (Å²) in [5.74, 6) is 0.785. The van der Waals surface area contributed by atoms with Crippen molar-refractivity contribution in [2.45, 2.75) is 32.9 Å². The number of methoxy groups -OCH3 is 2. The third-order valence-electron chi connectivity index (χ3n) is 6.33. The van der Waals surface area contributed by atoms with Crippen LogP contribution in [-0.4, -0.2) is 54.1 Å². The quantitative estimate of drug-likeness (QED) is 0.187. The first kappa shape index (κ1) is 30.8. The topological polar surface area (TPSA) is 90.8 Å². The minimum Gasteiger partial charge on any atom is -0.496 e. The summed E-state index contributed by atoms with van der Waals surface area (Å²) in [6.07, 6.45) is 1.93. The number of hydrogen-bond acceptors (Lipinski definition) is 7. The molecule has 2 heterocycles. The molecular formula is C32H31Cl2N3O5. The summed E-state index contributed by atoms with van der Waals surface area (Å²) in [6.45, 7) is 5.69. The third-order valence-corrected chi connectivity index (χ3v) is 7.12. The predicted octanol–water partition coefficient (Wildman–Crippen LogP) is 7.98. The van der Waals surface area contributed by atoms with E-state index in [0.717, 1.165) is 6.29 Å². The van der Waals surface area contributed by atoms with Crippen LogP contribution in [0.15, 0.2) is 60.8 Å². The van der Waals surface area contributed by atoms with Gasteiger partial charge in [-0.2, -0.15) is 0 Å². The number of ether oxygens (including phenoxy) is 3. The molecule has 0 bridgehead atoms. The van der Waals surface area contributed by atoms with E-state index in [0.29, 0.717) is 66.4 Å². The van der Waals surface area contributed by atoms with Crippen LogP contribution in [0.3, 0.4) is 0 Å². The highest BCUT2D eigenvalue weighted by Gasteiger charge is 2.22. The first-order valence-corrected chi connectivity index (χ1v) is 13.8. The molecule has 2 aromatic carbocycles. The number of carbonyl (C=O) groups excluding carboxylic acids is 2. The average Bonchev–Trinajstić information content (AvgIpc) is 2.96. The van der Waals surface area contributed by atoms with Crippen molar-refractivity contribution in [2.75, 3.05) is 21.3 Å².